The number of hydrogen-bond donors (Lipinski definition) is 3. The van der Waals surface area contributed by atoms with Crippen LogP contribution < -0.4 is 11.1 Å². The highest BCUT2D eigenvalue weighted by atomic mass is 32.2. The third kappa shape index (κ3) is 8.20. The Morgan fingerprint density at radius 2 is 1.50 bits per heavy atom. The van der Waals surface area contributed by atoms with Crippen molar-refractivity contribution >= 4 is 27.4 Å². The Balaban J connectivity index is 0.000000572. The van der Waals surface area contributed by atoms with Gasteiger partial charge in [0.05, 0.1) is 10.6 Å². The first-order valence-corrected chi connectivity index (χ1v) is 11.5. The van der Waals surface area contributed by atoms with Gasteiger partial charge in [-0.3, -0.25) is 0 Å². The molecule has 0 aliphatic carbocycles. The highest BCUT2D eigenvalue weighted by Gasteiger charge is 2.38. The summed E-state index contributed by atoms with van der Waals surface area (Å²) in [6, 6.07) is 11.3. The third-order valence-corrected chi connectivity index (χ3v) is 5.48. The summed E-state index contributed by atoms with van der Waals surface area (Å²) >= 11 is 0. The summed E-state index contributed by atoms with van der Waals surface area (Å²) in [6.07, 6.45) is -6.95. The fraction of sp³-hybridized carbons (Fsp3) is 0.190. The van der Waals surface area contributed by atoms with E-state index in [0.717, 1.165) is 6.26 Å². The van der Waals surface area contributed by atoms with Gasteiger partial charge in [0.2, 0.25) is 5.95 Å². The lowest BCUT2D eigenvalue weighted by atomic mass is 10.1. The van der Waals surface area contributed by atoms with Crippen molar-refractivity contribution in [1.82, 2.24) is 9.97 Å². The normalized spacial score (nSPS) is 12.8. The fourth-order valence-corrected chi connectivity index (χ4v) is 3.17. The predicted molar refractivity (Wildman–Crippen MR) is 117 cm³/mol. The van der Waals surface area contributed by atoms with E-state index < -0.39 is 34.2 Å². The molecule has 0 bridgehead atoms. The lowest BCUT2D eigenvalue weighted by Crippen LogP contribution is -2.28. The first-order valence-electron chi connectivity index (χ1n) is 9.61. The molecular weight excluding hydrogens is 518 g/mol. The molecular formula is C21H18F6N4O4S. The molecule has 3 rings (SSSR count). The summed E-state index contributed by atoms with van der Waals surface area (Å²) in [7, 11) is -3.29. The number of nitrogens with two attached hydrogens (primary N) is 1. The van der Waals surface area contributed by atoms with Crippen molar-refractivity contribution in [3.8, 4) is 11.3 Å². The van der Waals surface area contributed by atoms with E-state index in [9.17, 15) is 34.8 Å². The zero-order valence-corrected chi connectivity index (χ0v) is 19.0. The topological polar surface area (TPSA) is 135 Å². The van der Waals surface area contributed by atoms with Gasteiger partial charge in [0.15, 0.2) is 9.84 Å². The Labute approximate surface area is 200 Å². The number of aliphatic carboxylic acids is 1. The first-order chi connectivity index (χ1) is 16.5. The molecule has 8 nitrogen and oxygen atoms in total. The minimum absolute atomic E-state index is 0.0521. The van der Waals surface area contributed by atoms with Gasteiger partial charge in [-0.2, -0.15) is 26.3 Å². The Morgan fingerprint density at radius 1 is 0.972 bits per heavy atom. The van der Waals surface area contributed by atoms with Crippen molar-refractivity contribution in [3.05, 3.63) is 66.4 Å². The lowest BCUT2D eigenvalue weighted by molar-refractivity contribution is -0.192. The number of aromatic nitrogens is 2. The number of carboxylic acids is 1. The van der Waals surface area contributed by atoms with Crippen LogP contribution in [0.15, 0.2) is 65.7 Å². The van der Waals surface area contributed by atoms with Crippen molar-refractivity contribution in [1.29, 1.82) is 0 Å². The molecule has 1 aromatic heterocycles. The summed E-state index contributed by atoms with van der Waals surface area (Å²) < 4.78 is 92.9. The van der Waals surface area contributed by atoms with Gasteiger partial charge in [-0.1, -0.05) is 24.3 Å². The molecule has 15 heteroatoms. The number of nitrogens with one attached hydrogen (secondary N) is 1. The number of sulfone groups is 1. The second-order valence-corrected chi connectivity index (χ2v) is 9.15. The molecule has 4 N–H and O–H groups in total. The Hall–Kier alpha value is -3.72. The van der Waals surface area contributed by atoms with Crippen molar-refractivity contribution in [2.45, 2.75) is 23.3 Å². The fourth-order valence-electron chi connectivity index (χ4n) is 2.54. The van der Waals surface area contributed by atoms with Gasteiger partial charge in [-0.05, 0) is 35.9 Å². The summed E-state index contributed by atoms with van der Waals surface area (Å²) in [4.78, 5) is 17.5. The number of rotatable bonds is 5. The molecule has 3 aromatic rings. The van der Waals surface area contributed by atoms with E-state index in [2.05, 4.69) is 15.3 Å². The van der Waals surface area contributed by atoms with Crippen LogP contribution in [-0.2, 0) is 14.6 Å². The lowest BCUT2D eigenvalue weighted by Gasteiger charge is -2.16. The van der Waals surface area contributed by atoms with Crippen LogP contribution in [0.3, 0.4) is 0 Å². The van der Waals surface area contributed by atoms with Gasteiger partial charge in [0, 0.05) is 23.7 Å². The van der Waals surface area contributed by atoms with Crippen LogP contribution >= 0.6 is 0 Å². The molecule has 0 radical (unpaired) electrons. The molecule has 1 unspecified atom stereocenters. The highest BCUT2D eigenvalue weighted by molar-refractivity contribution is 7.90. The zero-order chi connectivity index (χ0) is 27.3. The maximum absolute atomic E-state index is 12.7. The standard InChI is InChI=1S/C19H17F3N4O2S.C2HF3O2/c1-29(27,28)15-8-4-12(5-9-15)16-10-11-24-18(26-16)25-14-6-2-13(3-7-14)17(23)19(20,21)22;3-2(4,5)1(6)7/h2-11,17H,23H2,1H3,(H,24,25,26);(H,6,7). The number of carboxylic acid groups (broad SMARTS) is 1. The first kappa shape index (κ1) is 28.5. The van der Waals surface area contributed by atoms with E-state index in [1.807, 2.05) is 0 Å². The Morgan fingerprint density at radius 3 is 1.94 bits per heavy atom. The molecule has 0 saturated heterocycles. The molecule has 194 valence electrons. The predicted octanol–water partition coefficient (Wildman–Crippen LogP) is 4.49. The molecule has 0 aliphatic rings. The molecule has 0 spiro atoms. The van der Waals surface area contributed by atoms with Crippen molar-refractivity contribution in [2.24, 2.45) is 5.73 Å². The summed E-state index contributed by atoms with van der Waals surface area (Å²) in [5.41, 5.74) is 6.87. The van der Waals surface area contributed by atoms with Crippen molar-refractivity contribution < 1.29 is 44.7 Å². The van der Waals surface area contributed by atoms with Crippen LogP contribution in [0, 0.1) is 0 Å². The molecule has 0 amide bonds. The Kier molecular flexibility index (Phi) is 8.64. The van der Waals surface area contributed by atoms with Gasteiger partial charge < -0.3 is 16.2 Å². The average molecular weight is 536 g/mol. The van der Waals surface area contributed by atoms with E-state index in [4.69, 9.17) is 15.6 Å². The smallest absolute Gasteiger partial charge is 0.475 e. The number of benzene rings is 2. The molecule has 0 fully saturated rings. The van der Waals surface area contributed by atoms with Crippen LogP contribution in [0.5, 0.6) is 0 Å². The second kappa shape index (κ2) is 10.9. The SMILES string of the molecule is CS(=O)(=O)c1ccc(-c2ccnc(Nc3ccc(C(N)C(F)(F)F)cc3)n2)cc1.O=C(O)C(F)(F)F. The van der Waals surface area contributed by atoms with Crippen LogP contribution in [0.25, 0.3) is 11.3 Å². The number of halogens is 6. The van der Waals surface area contributed by atoms with Crippen LogP contribution in [0.1, 0.15) is 11.6 Å². The van der Waals surface area contributed by atoms with Gasteiger partial charge in [0.25, 0.3) is 0 Å². The molecule has 0 aliphatic heterocycles. The summed E-state index contributed by atoms with van der Waals surface area (Å²) in [5.74, 6) is -2.52. The van der Waals surface area contributed by atoms with Gasteiger partial charge in [-0.15, -0.1) is 0 Å². The van der Waals surface area contributed by atoms with E-state index in [1.54, 1.807) is 18.2 Å². The molecule has 2 aromatic carbocycles. The van der Waals surface area contributed by atoms with Gasteiger partial charge in [-0.25, -0.2) is 23.2 Å². The Bertz CT molecular complexity index is 1300. The quantitative estimate of drug-likeness (QED) is 0.406. The number of hydrogen-bond acceptors (Lipinski definition) is 7. The van der Waals surface area contributed by atoms with Crippen LogP contribution in [-0.4, -0.2) is 48.1 Å². The second-order valence-electron chi connectivity index (χ2n) is 7.13. The van der Waals surface area contributed by atoms with E-state index in [1.165, 1.54) is 42.6 Å². The molecule has 0 saturated carbocycles. The number of anilines is 2. The number of carbonyl (C=O) groups is 1. The highest BCUT2D eigenvalue weighted by Crippen LogP contribution is 2.31. The van der Waals surface area contributed by atoms with Gasteiger partial charge in [0.1, 0.15) is 6.04 Å². The van der Waals surface area contributed by atoms with E-state index in [0.29, 0.717) is 16.9 Å². The van der Waals surface area contributed by atoms with Crippen LogP contribution in [0.2, 0.25) is 0 Å². The molecule has 36 heavy (non-hydrogen) atoms. The van der Waals surface area contributed by atoms with Gasteiger partial charge >= 0.3 is 18.3 Å². The van der Waals surface area contributed by atoms with Crippen LogP contribution in [0.4, 0.5) is 38.0 Å². The van der Waals surface area contributed by atoms with E-state index in [-0.39, 0.29) is 16.4 Å². The monoisotopic (exact) mass is 536 g/mol. The van der Waals surface area contributed by atoms with E-state index >= 15 is 0 Å². The summed E-state index contributed by atoms with van der Waals surface area (Å²) in [5, 5.41) is 10.0. The number of alkyl halides is 6. The zero-order valence-electron chi connectivity index (χ0n) is 18.2. The molecule has 1 heterocycles. The third-order valence-electron chi connectivity index (χ3n) is 4.35. The number of nitrogens with zero attached hydrogens (tertiary/aromatic N) is 2. The minimum Gasteiger partial charge on any atom is -0.475 e. The molecule has 1 atom stereocenters. The maximum Gasteiger partial charge on any atom is 0.490 e. The summed E-state index contributed by atoms with van der Waals surface area (Å²) in [6.45, 7) is 0. The largest absolute Gasteiger partial charge is 0.490 e. The minimum atomic E-state index is -5.08. The average Bonchev–Trinajstić information content (AvgIpc) is 2.78. The van der Waals surface area contributed by atoms with Crippen molar-refractivity contribution in [3.63, 3.8) is 0 Å². The maximum atomic E-state index is 12.7. The van der Waals surface area contributed by atoms with Crippen molar-refractivity contribution in [2.75, 3.05) is 11.6 Å².